The Labute approximate surface area is 178 Å². The van der Waals surface area contributed by atoms with Crippen LogP contribution in [0, 0.1) is 20.8 Å². The third kappa shape index (κ3) is 3.86. The van der Waals surface area contributed by atoms with Crippen molar-refractivity contribution in [2.45, 2.75) is 20.8 Å². The van der Waals surface area contributed by atoms with Crippen molar-refractivity contribution in [1.82, 2.24) is 14.9 Å². The average molecular weight is 423 g/mol. The van der Waals surface area contributed by atoms with Gasteiger partial charge in [-0.3, -0.25) is 4.79 Å². The third-order valence-electron chi connectivity index (χ3n) is 4.75. The van der Waals surface area contributed by atoms with E-state index in [0.29, 0.717) is 15.1 Å². The van der Waals surface area contributed by atoms with Crippen molar-refractivity contribution in [3.8, 4) is 5.82 Å². The zero-order valence-corrected chi connectivity index (χ0v) is 17.8. The predicted octanol–water partition coefficient (Wildman–Crippen LogP) is 5.34. The lowest BCUT2D eigenvalue weighted by molar-refractivity contribution is -0.115. The minimum absolute atomic E-state index is 0.156. The molecule has 0 saturated carbocycles. The molecular weight excluding hydrogens is 404 g/mol. The number of pyridine rings is 1. The first-order valence-electron chi connectivity index (χ1n) is 9.09. The van der Waals surface area contributed by atoms with Crippen LogP contribution in [0.1, 0.15) is 22.5 Å². The van der Waals surface area contributed by atoms with Gasteiger partial charge < -0.3 is 9.88 Å². The molecule has 0 aliphatic carbocycles. The first-order chi connectivity index (χ1) is 13.9. The van der Waals surface area contributed by atoms with Crippen molar-refractivity contribution in [2.75, 3.05) is 0 Å². The average Bonchev–Trinajstić information content (AvgIpc) is 3.18. The third-order valence-corrected chi connectivity index (χ3v) is 6.07. The molecule has 146 valence electrons. The second kappa shape index (κ2) is 7.89. The standard InChI is InChI=1S/C22H19ClN4OS/c1-13-11-16(15(3)27(13)20-9-4-5-10-24-20)12-19-21(28)26-22(29-19)25-18-8-6-7-17(23)14(18)2/h4-12H,1-3H3,(H,25,26,28)/b19-12+. The molecule has 29 heavy (non-hydrogen) atoms. The Kier molecular flexibility index (Phi) is 5.30. The van der Waals surface area contributed by atoms with Crippen molar-refractivity contribution >= 4 is 46.2 Å². The zero-order chi connectivity index (χ0) is 20.5. The second-order valence-electron chi connectivity index (χ2n) is 6.72. The highest BCUT2D eigenvalue weighted by molar-refractivity contribution is 8.18. The first-order valence-corrected chi connectivity index (χ1v) is 10.3. The molecule has 3 aromatic rings. The van der Waals surface area contributed by atoms with E-state index >= 15 is 0 Å². The highest BCUT2D eigenvalue weighted by atomic mass is 35.5. The van der Waals surface area contributed by atoms with Crippen molar-refractivity contribution in [3.63, 3.8) is 0 Å². The first kappa shape index (κ1) is 19.5. The molecule has 2 aromatic heterocycles. The van der Waals surface area contributed by atoms with E-state index in [0.717, 1.165) is 34.0 Å². The van der Waals surface area contributed by atoms with E-state index in [1.807, 2.05) is 63.2 Å². The van der Waals surface area contributed by atoms with Crippen LogP contribution in [0.4, 0.5) is 5.69 Å². The van der Waals surface area contributed by atoms with Gasteiger partial charge in [-0.2, -0.15) is 0 Å². The van der Waals surface area contributed by atoms with Crippen LogP contribution >= 0.6 is 23.4 Å². The number of hydrogen-bond donors (Lipinski definition) is 1. The number of rotatable bonds is 3. The molecule has 1 fully saturated rings. The van der Waals surface area contributed by atoms with Gasteiger partial charge in [-0.15, -0.1) is 0 Å². The Morgan fingerprint density at radius 1 is 1.17 bits per heavy atom. The summed E-state index contributed by atoms with van der Waals surface area (Å²) >= 11 is 7.49. The van der Waals surface area contributed by atoms with E-state index in [1.165, 1.54) is 11.8 Å². The van der Waals surface area contributed by atoms with Crippen LogP contribution in [0.5, 0.6) is 0 Å². The minimum atomic E-state index is -0.156. The van der Waals surface area contributed by atoms with E-state index in [9.17, 15) is 4.79 Å². The van der Waals surface area contributed by atoms with Crippen LogP contribution < -0.4 is 5.32 Å². The maximum Gasteiger partial charge on any atom is 0.264 e. The van der Waals surface area contributed by atoms with Gasteiger partial charge in [-0.05, 0) is 80.1 Å². The van der Waals surface area contributed by atoms with Gasteiger partial charge in [0, 0.05) is 22.6 Å². The number of carbonyl (C=O) groups excluding carboxylic acids is 1. The summed E-state index contributed by atoms with van der Waals surface area (Å²) in [7, 11) is 0. The lowest BCUT2D eigenvalue weighted by Crippen LogP contribution is -2.19. The van der Waals surface area contributed by atoms with E-state index in [1.54, 1.807) is 6.20 Å². The molecule has 4 rings (SSSR count). The van der Waals surface area contributed by atoms with Gasteiger partial charge in [-0.25, -0.2) is 9.98 Å². The van der Waals surface area contributed by atoms with Crippen LogP contribution in [0.25, 0.3) is 11.9 Å². The Balaban J connectivity index is 1.65. The topological polar surface area (TPSA) is 59.3 Å². The summed E-state index contributed by atoms with van der Waals surface area (Å²) in [5, 5.41) is 4.03. The molecule has 1 N–H and O–H groups in total. The SMILES string of the molecule is Cc1c(Cl)cccc1N=C1NC(=O)/C(=C\c2cc(C)n(-c3ccccn3)c2C)S1. The number of aryl methyl sites for hydroxylation is 1. The van der Waals surface area contributed by atoms with Gasteiger partial charge in [0.25, 0.3) is 5.91 Å². The van der Waals surface area contributed by atoms with E-state index in [-0.39, 0.29) is 5.91 Å². The number of amidine groups is 1. The normalized spacial score (nSPS) is 16.6. The van der Waals surface area contributed by atoms with Crippen LogP contribution in [0.2, 0.25) is 5.02 Å². The van der Waals surface area contributed by atoms with Crippen molar-refractivity contribution in [3.05, 3.63) is 81.1 Å². The summed E-state index contributed by atoms with van der Waals surface area (Å²) in [6.07, 6.45) is 3.67. The molecule has 3 heterocycles. The Morgan fingerprint density at radius 2 is 2.00 bits per heavy atom. The molecule has 0 atom stereocenters. The van der Waals surface area contributed by atoms with Gasteiger partial charge >= 0.3 is 0 Å². The molecule has 1 amide bonds. The van der Waals surface area contributed by atoms with Crippen LogP contribution in [0.3, 0.4) is 0 Å². The number of thioether (sulfide) groups is 1. The Hall–Kier alpha value is -2.83. The number of aliphatic imine (C=N–C) groups is 1. The lowest BCUT2D eigenvalue weighted by Gasteiger charge is -2.07. The number of hydrogen-bond acceptors (Lipinski definition) is 4. The molecule has 1 aliphatic heterocycles. The smallest absolute Gasteiger partial charge is 0.264 e. The highest BCUT2D eigenvalue weighted by Crippen LogP contribution is 2.32. The fourth-order valence-electron chi connectivity index (χ4n) is 3.22. The van der Waals surface area contributed by atoms with Crippen molar-refractivity contribution in [1.29, 1.82) is 0 Å². The number of aromatic nitrogens is 2. The van der Waals surface area contributed by atoms with E-state index < -0.39 is 0 Å². The maximum atomic E-state index is 12.5. The highest BCUT2D eigenvalue weighted by Gasteiger charge is 2.25. The minimum Gasteiger partial charge on any atom is -0.303 e. The van der Waals surface area contributed by atoms with Gasteiger partial charge in [0.15, 0.2) is 5.17 Å². The summed E-state index contributed by atoms with van der Waals surface area (Å²) < 4.78 is 2.08. The Morgan fingerprint density at radius 3 is 2.76 bits per heavy atom. The van der Waals surface area contributed by atoms with Crippen molar-refractivity contribution in [2.24, 2.45) is 4.99 Å². The molecule has 0 unspecified atom stereocenters. The summed E-state index contributed by atoms with van der Waals surface area (Å²) in [5.41, 5.74) is 4.69. The molecule has 0 bridgehead atoms. The number of nitrogens with one attached hydrogen (secondary N) is 1. The zero-order valence-electron chi connectivity index (χ0n) is 16.2. The molecule has 1 saturated heterocycles. The van der Waals surface area contributed by atoms with Crippen LogP contribution in [-0.4, -0.2) is 20.6 Å². The van der Waals surface area contributed by atoms with Gasteiger partial charge in [0.05, 0.1) is 10.6 Å². The summed E-state index contributed by atoms with van der Waals surface area (Å²) in [4.78, 5) is 22.1. The molecule has 0 radical (unpaired) electrons. The van der Waals surface area contributed by atoms with Gasteiger partial charge in [0.1, 0.15) is 5.82 Å². The second-order valence-corrected chi connectivity index (χ2v) is 8.15. The fraction of sp³-hybridized carbons (Fsp3) is 0.136. The molecule has 1 aliphatic rings. The summed E-state index contributed by atoms with van der Waals surface area (Å²) in [6.45, 7) is 5.96. The molecule has 5 nitrogen and oxygen atoms in total. The fourth-order valence-corrected chi connectivity index (χ4v) is 4.22. The van der Waals surface area contributed by atoms with Gasteiger partial charge in [0.2, 0.25) is 0 Å². The number of carbonyl (C=O) groups is 1. The molecule has 1 aromatic carbocycles. The van der Waals surface area contributed by atoms with Crippen LogP contribution in [-0.2, 0) is 4.79 Å². The van der Waals surface area contributed by atoms with E-state index in [2.05, 4.69) is 25.9 Å². The van der Waals surface area contributed by atoms with Crippen LogP contribution in [0.15, 0.2) is 58.6 Å². The number of amides is 1. The van der Waals surface area contributed by atoms with Crippen molar-refractivity contribution < 1.29 is 4.79 Å². The molecular formula is C22H19ClN4OS. The maximum absolute atomic E-state index is 12.5. The quantitative estimate of drug-likeness (QED) is 0.579. The summed E-state index contributed by atoms with van der Waals surface area (Å²) in [5.74, 6) is 0.699. The summed E-state index contributed by atoms with van der Waals surface area (Å²) in [6, 6.07) is 13.4. The molecule has 0 spiro atoms. The van der Waals surface area contributed by atoms with Gasteiger partial charge in [-0.1, -0.05) is 23.7 Å². The number of benzene rings is 1. The number of nitrogens with zero attached hydrogens (tertiary/aromatic N) is 3. The lowest BCUT2D eigenvalue weighted by atomic mass is 10.2. The molecule has 7 heteroatoms. The van der Waals surface area contributed by atoms with E-state index in [4.69, 9.17) is 11.6 Å². The Bertz CT molecular complexity index is 1170. The number of halogens is 1. The predicted molar refractivity (Wildman–Crippen MR) is 120 cm³/mol. The monoisotopic (exact) mass is 422 g/mol. The largest absolute Gasteiger partial charge is 0.303 e.